The van der Waals surface area contributed by atoms with E-state index in [1.54, 1.807) is 72.8 Å². The lowest BCUT2D eigenvalue weighted by Gasteiger charge is -2.24. The molecule has 0 bridgehead atoms. The maximum atomic E-state index is 12.8. The lowest BCUT2D eigenvalue weighted by Crippen LogP contribution is -2.45. The van der Waals surface area contributed by atoms with E-state index < -0.39 is 6.29 Å². The second-order valence-electron chi connectivity index (χ2n) is 15.3. The third kappa shape index (κ3) is 14.4. The zero-order chi connectivity index (χ0) is 40.5. The van der Waals surface area contributed by atoms with E-state index in [4.69, 9.17) is 19.5 Å². The van der Waals surface area contributed by atoms with Crippen molar-refractivity contribution >= 4 is 46.8 Å². The van der Waals surface area contributed by atoms with Gasteiger partial charge in [0.25, 0.3) is 5.91 Å². The topological polar surface area (TPSA) is 155 Å². The van der Waals surface area contributed by atoms with Gasteiger partial charge in [-0.3, -0.25) is 10.1 Å². The second kappa shape index (κ2) is 21.6. The number of rotatable bonds is 19. The standard InChI is InChI=1S/C44H61N7O5/c1-8-12-14-30(10-3)28-55-39(53)33-18-24-36(25-19-33)46-42-48-41(45-35-22-16-32(17-23-35)38(52)51-44(5,6)7)49-43(50-42)47-37-26-20-34(21-27-37)40(54)56-29-31(11-4)15-13-9-2/h16-27,30-31,42,46H,8-15,28-29H2,1-7H3,(H,51,52)(H3,45,47,48,49,50). The van der Waals surface area contributed by atoms with E-state index in [-0.39, 0.29) is 23.4 Å². The van der Waals surface area contributed by atoms with Crippen LogP contribution in [0.2, 0.25) is 0 Å². The molecular weight excluding hydrogens is 707 g/mol. The summed E-state index contributed by atoms with van der Waals surface area (Å²) in [5, 5.41) is 16.0. The molecule has 0 radical (unpaired) electrons. The number of aliphatic imine (C=N–C) groups is 2. The molecule has 0 fully saturated rings. The zero-order valence-corrected chi connectivity index (χ0v) is 34.2. The molecule has 12 heteroatoms. The van der Waals surface area contributed by atoms with E-state index >= 15 is 0 Å². The van der Waals surface area contributed by atoms with Crippen LogP contribution in [0.15, 0.2) is 82.8 Å². The highest BCUT2D eigenvalue weighted by atomic mass is 16.5. The largest absolute Gasteiger partial charge is 0.462 e. The Morgan fingerprint density at radius 3 is 1.45 bits per heavy atom. The van der Waals surface area contributed by atoms with Gasteiger partial charge in [0.15, 0.2) is 0 Å². The van der Waals surface area contributed by atoms with Crippen molar-refractivity contribution in [1.82, 2.24) is 10.6 Å². The van der Waals surface area contributed by atoms with Crippen LogP contribution in [-0.4, -0.2) is 54.8 Å². The van der Waals surface area contributed by atoms with Gasteiger partial charge in [-0.05, 0) is 118 Å². The van der Waals surface area contributed by atoms with Crippen LogP contribution in [0.3, 0.4) is 0 Å². The molecule has 1 amide bonds. The maximum absolute atomic E-state index is 12.8. The molecule has 0 aliphatic carbocycles. The van der Waals surface area contributed by atoms with E-state index in [9.17, 15) is 14.4 Å². The van der Waals surface area contributed by atoms with E-state index in [1.807, 2.05) is 20.8 Å². The van der Waals surface area contributed by atoms with Crippen molar-refractivity contribution in [2.75, 3.05) is 29.2 Å². The molecule has 1 heterocycles. The second-order valence-corrected chi connectivity index (χ2v) is 15.3. The van der Waals surface area contributed by atoms with Crippen molar-refractivity contribution in [3.8, 4) is 0 Å². The predicted molar refractivity (Wildman–Crippen MR) is 226 cm³/mol. The zero-order valence-electron chi connectivity index (χ0n) is 34.2. The fourth-order valence-electron chi connectivity index (χ4n) is 5.92. The van der Waals surface area contributed by atoms with Gasteiger partial charge in [0.2, 0.25) is 18.2 Å². The van der Waals surface area contributed by atoms with Crippen molar-refractivity contribution in [3.05, 3.63) is 89.5 Å². The molecule has 0 saturated carbocycles. The van der Waals surface area contributed by atoms with Gasteiger partial charge in [0, 0.05) is 28.2 Å². The molecule has 3 atom stereocenters. The third-order valence-corrected chi connectivity index (χ3v) is 9.42. The van der Waals surface area contributed by atoms with Gasteiger partial charge in [-0.2, -0.15) is 0 Å². The molecule has 56 heavy (non-hydrogen) atoms. The number of carbonyl (C=O) groups is 3. The van der Waals surface area contributed by atoms with E-state index in [0.29, 0.717) is 70.7 Å². The molecule has 1 aliphatic heterocycles. The normalized spacial score (nSPS) is 14.9. The van der Waals surface area contributed by atoms with Crippen molar-refractivity contribution in [1.29, 1.82) is 0 Å². The first-order valence-electron chi connectivity index (χ1n) is 20.1. The highest BCUT2D eigenvalue weighted by molar-refractivity contribution is 6.11. The van der Waals surface area contributed by atoms with E-state index in [1.165, 1.54) is 0 Å². The monoisotopic (exact) mass is 767 g/mol. The number of amides is 1. The molecule has 4 rings (SSSR count). The Morgan fingerprint density at radius 2 is 1.05 bits per heavy atom. The summed E-state index contributed by atoms with van der Waals surface area (Å²) in [6, 6.07) is 21.2. The Balaban J connectivity index is 1.46. The molecule has 302 valence electrons. The molecule has 5 N–H and O–H groups in total. The molecule has 0 spiro atoms. The number of hydrogen-bond acceptors (Lipinski definition) is 11. The Morgan fingerprint density at radius 1 is 0.643 bits per heavy atom. The van der Waals surface area contributed by atoms with Gasteiger partial charge in [-0.25, -0.2) is 19.6 Å². The minimum atomic E-state index is -0.756. The number of esters is 2. The fourth-order valence-corrected chi connectivity index (χ4v) is 5.92. The van der Waals surface area contributed by atoms with Crippen LogP contribution in [0.5, 0.6) is 0 Å². The Bertz CT molecular complexity index is 1770. The number of hydrogen-bond donors (Lipinski definition) is 5. The summed E-state index contributed by atoms with van der Waals surface area (Å²) in [7, 11) is 0. The number of guanidine groups is 2. The summed E-state index contributed by atoms with van der Waals surface area (Å²) in [4.78, 5) is 47.7. The molecule has 12 nitrogen and oxygen atoms in total. The van der Waals surface area contributed by atoms with Crippen molar-refractivity contribution in [2.24, 2.45) is 21.8 Å². The fraction of sp³-hybridized carbons (Fsp3) is 0.477. The summed E-state index contributed by atoms with van der Waals surface area (Å²) in [6.45, 7) is 15.2. The SMILES string of the molecule is CCCCC(CC)COC(=O)c1ccc(NC2=NC(Nc3ccc(C(=O)OCC(CC)CCCC)cc3)N=C(Nc3ccc(C(=O)NC(C)(C)C)cc3)N2)cc1. The van der Waals surface area contributed by atoms with Crippen LogP contribution >= 0.6 is 0 Å². The number of benzene rings is 3. The lowest BCUT2D eigenvalue weighted by atomic mass is 10.0. The Hall–Kier alpha value is -5.39. The number of nitrogens with zero attached hydrogens (tertiary/aromatic N) is 2. The van der Waals surface area contributed by atoms with Gasteiger partial charge in [-0.15, -0.1) is 0 Å². The van der Waals surface area contributed by atoms with Crippen molar-refractivity contribution in [3.63, 3.8) is 0 Å². The van der Waals surface area contributed by atoms with Crippen LogP contribution in [0, 0.1) is 11.8 Å². The Labute approximate surface area is 332 Å². The van der Waals surface area contributed by atoms with Gasteiger partial charge in [-0.1, -0.05) is 66.2 Å². The van der Waals surface area contributed by atoms with Gasteiger partial charge >= 0.3 is 11.9 Å². The van der Waals surface area contributed by atoms with Gasteiger partial charge in [0.05, 0.1) is 24.3 Å². The first-order valence-corrected chi connectivity index (χ1v) is 20.1. The number of nitrogens with one attached hydrogen (secondary N) is 5. The van der Waals surface area contributed by atoms with Crippen LogP contribution in [0.4, 0.5) is 17.1 Å². The van der Waals surface area contributed by atoms with E-state index in [2.05, 4.69) is 54.3 Å². The van der Waals surface area contributed by atoms with E-state index in [0.717, 1.165) is 51.4 Å². The molecule has 3 unspecified atom stereocenters. The summed E-state index contributed by atoms with van der Waals surface area (Å²) in [5.41, 5.74) is 3.22. The third-order valence-electron chi connectivity index (χ3n) is 9.42. The van der Waals surface area contributed by atoms with Crippen molar-refractivity contribution < 1.29 is 23.9 Å². The summed E-state index contributed by atoms with van der Waals surface area (Å²) in [6.07, 6.45) is 7.77. The van der Waals surface area contributed by atoms with Gasteiger partial charge in [0.1, 0.15) is 0 Å². The number of ether oxygens (including phenoxy) is 2. The number of carbonyl (C=O) groups excluding carboxylic acids is 3. The predicted octanol–water partition coefficient (Wildman–Crippen LogP) is 9.20. The summed E-state index contributed by atoms with van der Waals surface area (Å²) < 4.78 is 11.3. The van der Waals surface area contributed by atoms with Crippen LogP contribution < -0.4 is 26.6 Å². The highest BCUT2D eigenvalue weighted by Crippen LogP contribution is 2.19. The Kier molecular flexibility index (Phi) is 16.7. The first kappa shape index (κ1) is 43.3. The molecule has 0 saturated heterocycles. The minimum Gasteiger partial charge on any atom is -0.462 e. The van der Waals surface area contributed by atoms with Crippen LogP contribution in [-0.2, 0) is 9.47 Å². The highest BCUT2D eigenvalue weighted by Gasteiger charge is 2.20. The van der Waals surface area contributed by atoms with Crippen LogP contribution in [0.1, 0.15) is 131 Å². The smallest absolute Gasteiger partial charge is 0.338 e. The average Bonchev–Trinajstić information content (AvgIpc) is 3.18. The molecule has 0 aromatic heterocycles. The van der Waals surface area contributed by atoms with Gasteiger partial charge < -0.3 is 30.7 Å². The lowest BCUT2D eigenvalue weighted by molar-refractivity contribution is 0.0419. The van der Waals surface area contributed by atoms with Crippen molar-refractivity contribution in [2.45, 2.75) is 112 Å². The molecule has 3 aromatic rings. The maximum Gasteiger partial charge on any atom is 0.338 e. The quantitative estimate of drug-likeness (QED) is 0.0751. The first-order chi connectivity index (χ1) is 26.9. The number of unbranched alkanes of at least 4 members (excludes halogenated alkanes) is 2. The number of anilines is 3. The molecular formula is C44H61N7O5. The summed E-state index contributed by atoms with van der Waals surface area (Å²) >= 11 is 0. The average molecular weight is 768 g/mol. The summed E-state index contributed by atoms with van der Waals surface area (Å²) in [5.74, 6) is 0.663. The molecule has 3 aromatic carbocycles. The molecule has 1 aliphatic rings. The van der Waals surface area contributed by atoms with Crippen LogP contribution in [0.25, 0.3) is 0 Å². The minimum absolute atomic E-state index is 0.159.